The second-order valence-corrected chi connectivity index (χ2v) is 5.26. The Kier molecular flexibility index (Phi) is 6.52. The van der Waals surface area contributed by atoms with Crippen LogP contribution in [0.5, 0.6) is 0 Å². The molecular formula is C16H26N2O2. The van der Waals surface area contributed by atoms with Crippen molar-refractivity contribution in [3.05, 3.63) is 29.8 Å². The highest BCUT2D eigenvalue weighted by molar-refractivity contribution is 5.78. The first kappa shape index (κ1) is 16.5. The third-order valence-electron chi connectivity index (χ3n) is 3.62. The van der Waals surface area contributed by atoms with Crippen LogP contribution in [0.2, 0.25) is 0 Å². The van der Waals surface area contributed by atoms with Gasteiger partial charge in [0.15, 0.2) is 0 Å². The van der Waals surface area contributed by atoms with Crippen LogP contribution in [0, 0.1) is 5.92 Å². The fourth-order valence-corrected chi connectivity index (χ4v) is 2.11. The third kappa shape index (κ3) is 4.53. The van der Waals surface area contributed by atoms with Gasteiger partial charge in [0.25, 0.3) is 0 Å². The molecule has 1 rings (SSSR count). The Bertz CT molecular complexity index is 411. The maximum absolute atomic E-state index is 11.9. The largest absolute Gasteiger partial charge is 0.387 e. The topological polar surface area (TPSA) is 52.6 Å². The van der Waals surface area contributed by atoms with Gasteiger partial charge in [0, 0.05) is 32.2 Å². The van der Waals surface area contributed by atoms with Crippen LogP contribution >= 0.6 is 0 Å². The van der Waals surface area contributed by atoms with E-state index in [0.717, 1.165) is 24.1 Å². The van der Waals surface area contributed by atoms with Crippen LogP contribution in [-0.2, 0) is 4.79 Å². The summed E-state index contributed by atoms with van der Waals surface area (Å²) in [5.74, 6) is 0.0669. The van der Waals surface area contributed by atoms with Gasteiger partial charge in [-0.25, -0.2) is 0 Å². The lowest BCUT2D eigenvalue weighted by Crippen LogP contribution is -2.33. The van der Waals surface area contributed by atoms with Crippen molar-refractivity contribution in [2.75, 3.05) is 25.5 Å². The molecule has 0 saturated heterocycles. The fourth-order valence-electron chi connectivity index (χ4n) is 2.11. The van der Waals surface area contributed by atoms with E-state index in [1.165, 1.54) is 0 Å². The molecule has 1 aromatic carbocycles. The second kappa shape index (κ2) is 7.90. The van der Waals surface area contributed by atoms with Gasteiger partial charge in [-0.3, -0.25) is 4.79 Å². The van der Waals surface area contributed by atoms with Gasteiger partial charge in [0.2, 0.25) is 5.91 Å². The Morgan fingerprint density at radius 1 is 1.20 bits per heavy atom. The number of anilines is 1. The summed E-state index contributed by atoms with van der Waals surface area (Å²) in [5.41, 5.74) is 1.91. The summed E-state index contributed by atoms with van der Waals surface area (Å²) >= 11 is 0. The lowest BCUT2D eigenvalue weighted by molar-refractivity contribution is -0.125. The van der Waals surface area contributed by atoms with Crippen LogP contribution in [0.3, 0.4) is 0 Å². The SMILES string of the molecule is CCC(CC)C(=O)NCC(O)c1ccc(N(C)C)cc1. The summed E-state index contributed by atoms with van der Waals surface area (Å²) in [6.45, 7) is 4.27. The number of benzene rings is 1. The predicted molar refractivity (Wildman–Crippen MR) is 82.8 cm³/mol. The highest BCUT2D eigenvalue weighted by Gasteiger charge is 2.15. The fraction of sp³-hybridized carbons (Fsp3) is 0.562. The molecule has 0 aliphatic rings. The van der Waals surface area contributed by atoms with Gasteiger partial charge in [0.1, 0.15) is 0 Å². The lowest BCUT2D eigenvalue weighted by atomic mass is 10.0. The van der Waals surface area contributed by atoms with Crippen molar-refractivity contribution in [1.29, 1.82) is 0 Å². The molecule has 1 unspecified atom stereocenters. The van der Waals surface area contributed by atoms with Crippen molar-refractivity contribution >= 4 is 11.6 Å². The summed E-state index contributed by atoms with van der Waals surface area (Å²) < 4.78 is 0. The number of amides is 1. The Morgan fingerprint density at radius 3 is 2.20 bits per heavy atom. The van der Waals surface area contributed by atoms with E-state index in [9.17, 15) is 9.90 Å². The standard InChI is InChI=1S/C16H26N2O2/c1-5-12(6-2)16(20)17-11-15(19)13-7-9-14(10-8-13)18(3)4/h7-10,12,15,19H,5-6,11H2,1-4H3,(H,17,20). The zero-order chi connectivity index (χ0) is 15.1. The first-order chi connectivity index (χ1) is 9.49. The van der Waals surface area contributed by atoms with Gasteiger partial charge in [0.05, 0.1) is 6.10 Å². The van der Waals surface area contributed by atoms with Crippen molar-refractivity contribution in [3.63, 3.8) is 0 Å². The van der Waals surface area contributed by atoms with E-state index in [0.29, 0.717) is 0 Å². The number of aliphatic hydroxyl groups is 1. The molecule has 4 heteroatoms. The predicted octanol–water partition coefficient (Wildman–Crippen LogP) is 2.34. The van der Waals surface area contributed by atoms with Gasteiger partial charge < -0.3 is 15.3 Å². The van der Waals surface area contributed by atoms with E-state index in [1.54, 1.807) is 0 Å². The van der Waals surface area contributed by atoms with Gasteiger partial charge in [-0.15, -0.1) is 0 Å². The number of hydrogen-bond donors (Lipinski definition) is 2. The molecule has 0 aliphatic carbocycles. The normalized spacial score (nSPS) is 12.3. The van der Waals surface area contributed by atoms with Gasteiger partial charge in [-0.1, -0.05) is 26.0 Å². The third-order valence-corrected chi connectivity index (χ3v) is 3.62. The summed E-state index contributed by atoms with van der Waals surface area (Å²) in [6.07, 6.45) is 0.996. The molecule has 0 heterocycles. The van der Waals surface area contributed by atoms with Gasteiger partial charge in [-0.05, 0) is 30.5 Å². The minimum Gasteiger partial charge on any atom is -0.387 e. The number of hydrogen-bond acceptors (Lipinski definition) is 3. The van der Waals surface area contributed by atoms with Crippen molar-refractivity contribution in [3.8, 4) is 0 Å². The van der Waals surface area contributed by atoms with E-state index in [2.05, 4.69) is 5.32 Å². The Morgan fingerprint density at radius 2 is 1.75 bits per heavy atom. The highest BCUT2D eigenvalue weighted by atomic mass is 16.3. The van der Waals surface area contributed by atoms with Crippen LogP contribution in [0.25, 0.3) is 0 Å². The van der Waals surface area contributed by atoms with E-state index in [4.69, 9.17) is 0 Å². The smallest absolute Gasteiger partial charge is 0.223 e. The monoisotopic (exact) mass is 278 g/mol. The molecule has 112 valence electrons. The molecule has 1 amide bonds. The number of nitrogens with zero attached hydrogens (tertiary/aromatic N) is 1. The molecule has 0 aliphatic heterocycles. The molecule has 0 radical (unpaired) electrons. The van der Waals surface area contributed by atoms with Gasteiger partial charge >= 0.3 is 0 Å². The zero-order valence-corrected chi connectivity index (χ0v) is 12.9. The Hall–Kier alpha value is -1.55. The first-order valence-electron chi connectivity index (χ1n) is 7.22. The number of nitrogens with one attached hydrogen (secondary N) is 1. The minimum absolute atomic E-state index is 0.0268. The maximum atomic E-state index is 11.9. The van der Waals surface area contributed by atoms with Crippen molar-refractivity contribution in [2.45, 2.75) is 32.8 Å². The van der Waals surface area contributed by atoms with E-state index < -0.39 is 6.10 Å². The Balaban J connectivity index is 2.54. The molecule has 0 saturated carbocycles. The summed E-state index contributed by atoms with van der Waals surface area (Å²) in [5, 5.41) is 12.9. The van der Waals surface area contributed by atoms with Crippen molar-refractivity contribution in [1.82, 2.24) is 5.32 Å². The van der Waals surface area contributed by atoms with E-state index in [1.807, 2.05) is 57.1 Å². The van der Waals surface area contributed by atoms with Crippen LogP contribution in [0.1, 0.15) is 38.4 Å². The van der Waals surface area contributed by atoms with Crippen molar-refractivity contribution in [2.24, 2.45) is 5.92 Å². The van der Waals surface area contributed by atoms with Crippen LogP contribution in [-0.4, -0.2) is 31.7 Å². The molecule has 0 aromatic heterocycles. The summed E-state index contributed by atoms with van der Waals surface area (Å²) in [4.78, 5) is 13.9. The van der Waals surface area contributed by atoms with Crippen molar-refractivity contribution < 1.29 is 9.90 Å². The average Bonchev–Trinajstić information content (AvgIpc) is 2.46. The quantitative estimate of drug-likeness (QED) is 0.805. The van der Waals surface area contributed by atoms with Crippen LogP contribution in [0.4, 0.5) is 5.69 Å². The molecule has 0 bridgehead atoms. The average molecular weight is 278 g/mol. The van der Waals surface area contributed by atoms with Crippen LogP contribution in [0.15, 0.2) is 24.3 Å². The molecule has 4 nitrogen and oxygen atoms in total. The van der Waals surface area contributed by atoms with E-state index in [-0.39, 0.29) is 18.4 Å². The number of carbonyl (C=O) groups excluding carboxylic acids is 1. The molecule has 2 N–H and O–H groups in total. The maximum Gasteiger partial charge on any atom is 0.223 e. The Labute approximate surface area is 121 Å². The molecule has 20 heavy (non-hydrogen) atoms. The van der Waals surface area contributed by atoms with Gasteiger partial charge in [-0.2, -0.15) is 0 Å². The minimum atomic E-state index is -0.662. The number of rotatable bonds is 7. The molecule has 1 atom stereocenters. The number of carbonyl (C=O) groups is 1. The lowest BCUT2D eigenvalue weighted by Gasteiger charge is -2.17. The highest BCUT2D eigenvalue weighted by Crippen LogP contribution is 2.17. The number of aliphatic hydroxyl groups excluding tert-OH is 1. The molecule has 0 fully saturated rings. The van der Waals surface area contributed by atoms with E-state index >= 15 is 0 Å². The molecular weight excluding hydrogens is 252 g/mol. The zero-order valence-electron chi connectivity index (χ0n) is 12.9. The summed E-state index contributed by atoms with van der Waals surface area (Å²) in [7, 11) is 3.95. The summed E-state index contributed by atoms with van der Waals surface area (Å²) in [6, 6.07) is 7.70. The second-order valence-electron chi connectivity index (χ2n) is 5.26. The van der Waals surface area contributed by atoms with Crippen LogP contribution < -0.4 is 10.2 Å². The first-order valence-corrected chi connectivity index (χ1v) is 7.22. The molecule has 1 aromatic rings. The molecule has 0 spiro atoms.